The highest BCUT2D eigenvalue weighted by molar-refractivity contribution is 7.99. The number of thioether (sulfide) groups is 1. The number of aromatic nitrogens is 3. The average molecular weight is 457 g/mol. The van der Waals surface area contributed by atoms with E-state index in [1.165, 1.54) is 11.8 Å². The molecule has 32 heavy (non-hydrogen) atoms. The molecule has 0 saturated heterocycles. The van der Waals surface area contributed by atoms with Crippen LogP contribution in [0.3, 0.4) is 0 Å². The minimum absolute atomic E-state index is 0.0599. The minimum Gasteiger partial charge on any atom is -0.486 e. The van der Waals surface area contributed by atoms with Crippen LogP contribution in [0.25, 0.3) is 11.4 Å². The molecule has 8 nitrogen and oxygen atoms in total. The fourth-order valence-corrected chi connectivity index (χ4v) is 4.54. The number of benzene rings is 1. The van der Waals surface area contributed by atoms with Crippen LogP contribution in [-0.4, -0.2) is 39.6 Å². The molecule has 0 aliphatic carbocycles. The van der Waals surface area contributed by atoms with Crippen molar-refractivity contribution in [3.63, 3.8) is 0 Å². The molecule has 3 heterocycles. The summed E-state index contributed by atoms with van der Waals surface area (Å²) in [5.41, 5.74) is 1.91. The molecule has 1 aliphatic rings. The molecule has 1 unspecified atom stereocenters. The van der Waals surface area contributed by atoms with Crippen molar-refractivity contribution in [1.82, 2.24) is 20.1 Å². The van der Waals surface area contributed by atoms with Gasteiger partial charge in [0.15, 0.2) is 22.5 Å². The number of nitrogens with zero attached hydrogens (tertiary/aromatic N) is 3. The first kappa shape index (κ1) is 22.3. The van der Waals surface area contributed by atoms with E-state index in [1.807, 2.05) is 42.7 Å². The lowest BCUT2D eigenvalue weighted by molar-refractivity contribution is -0.119. The second kappa shape index (κ2) is 9.68. The third-order valence-electron chi connectivity index (χ3n) is 5.37. The van der Waals surface area contributed by atoms with Crippen molar-refractivity contribution in [2.24, 2.45) is 5.92 Å². The van der Waals surface area contributed by atoms with Gasteiger partial charge in [-0.25, -0.2) is 0 Å². The molecule has 1 amide bonds. The number of furan rings is 1. The molecule has 2 aromatic heterocycles. The van der Waals surface area contributed by atoms with Gasteiger partial charge in [0.2, 0.25) is 5.91 Å². The van der Waals surface area contributed by atoms with E-state index >= 15 is 0 Å². The van der Waals surface area contributed by atoms with Gasteiger partial charge in [0.05, 0.1) is 23.6 Å². The summed E-state index contributed by atoms with van der Waals surface area (Å²) in [7, 11) is 0. The van der Waals surface area contributed by atoms with E-state index in [1.54, 1.807) is 6.26 Å². The first-order valence-corrected chi connectivity index (χ1v) is 11.8. The van der Waals surface area contributed by atoms with Crippen LogP contribution in [0.1, 0.15) is 38.1 Å². The zero-order valence-corrected chi connectivity index (χ0v) is 19.6. The lowest BCUT2D eigenvalue weighted by atomic mass is 9.95. The van der Waals surface area contributed by atoms with Gasteiger partial charge in [-0.05, 0) is 43.5 Å². The summed E-state index contributed by atoms with van der Waals surface area (Å²) in [6.07, 6.45) is 1.64. The molecule has 9 heteroatoms. The number of carbonyl (C=O) groups is 1. The van der Waals surface area contributed by atoms with Crippen molar-refractivity contribution in [1.29, 1.82) is 0 Å². The largest absolute Gasteiger partial charge is 0.486 e. The Morgan fingerprint density at radius 3 is 2.66 bits per heavy atom. The van der Waals surface area contributed by atoms with Gasteiger partial charge in [-0.3, -0.25) is 4.79 Å². The molecule has 1 aliphatic heterocycles. The van der Waals surface area contributed by atoms with Crippen LogP contribution in [0, 0.1) is 12.8 Å². The summed E-state index contributed by atoms with van der Waals surface area (Å²) in [6.45, 7) is 9.88. The Labute approximate surface area is 191 Å². The maximum atomic E-state index is 12.8. The van der Waals surface area contributed by atoms with E-state index in [9.17, 15) is 4.79 Å². The first-order chi connectivity index (χ1) is 15.5. The normalized spacial score (nSPS) is 13.9. The Morgan fingerprint density at radius 1 is 1.19 bits per heavy atom. The summed E-state index contributed by atoms with van der Waals surface area (Å²) in [6, 6.07) is 7.60. The smallest absolute Gasteiger partial charge is 0.230 e. The standard InChI is InChI=1S/C23H28N4O4S/c1-5-27-22(17-8-9-29-15(17)4)25-26-23(27)32-13-20(28)24-21(14(2)3)16-6-7-18-19(12-16)31-11-10-30-18/h6-9,12,14,21H,5,10-11,13H2,1-4H3,(H,24,28). The van der Waals surface area contributed by atoms with Crippen LogP contribution in [0.2, 0.25) is 0 Å². The fraction of sp³-hybridized carbons (Fsp3) is 0.435. The SMILES string of the molecule is CCn1c(SCC(=O)NC(c2ccc3c(c2)OCCO3)C(C)C)nnc1-c1ccoc1C. The van der Waals surface area contributed by atoms with Gasteiger partial charge in [-0.2, -0.15) is 0 Å². The summed E-state index contributed by atoms with van der Waals surface area (Å²) in [5.74, 6) is 3.40. The molecule has 3 aromatic rings. The number of rotatable bonds is 8. The number of amides is 1. The molecule has 4 rings (SSSR count). The Kier molecular flexibility index (Phi) is 6.74. The van der Waals surface area contributed by atoms with Crippen LogP contribution >= 0.6 is 11.8 Å². The van der Waals surface area contributed by atoms with Gasteiger partial charge in [-0.1, -0.05) is 31.7 Å². The second-order valence-electron chi connectivity index (χ2n) is 7.92. The summed E-state index contributed by atoms with van der Waals surface area (Å²) in [4.78, 5) is 12.8. The van der Waals surface area contributed by atoms with Gasteiger partial charge in [-0.15, -0.1) is 10.2 Å². The van der Waals surface area contributed by atoms with Crippen molar-refractivity contribution in [2.75, 3.05) is 19.0 Å². The predicted molar refractivity (Wildman–Crippen MR) is 122 cm³/mol. The van der Waals surface area contributed by atoms with Crippen LogP contribution in [0.15, 0.2) is 40.1 Å². The van der Waals surface area contributed by atoms with Gasteiger partial charge < -0.3 is 23.8 Å². The van der Waals surface area contributed by atoms with Crippen LogP contribution in [0.5, 0.6) is 11.5 Å². The molecule has 0 radical (unpaired) electrons. The van der Waals surface area contributed by atoms with E-state index in [2.05, 4.69) is 29.4 Å². The molecule has 0 fully saturated rings. The molecule has 0 bridgehead atoms. The third kappa shape index (κ3) is 4.62. The van der Waals surface area contributed by atoms with E-state index in [0.717, 1.165) is 34.2 Å². The Morgan fingerprint density at radius 2 is 1.97 bits per heavy atom. The minimum atomic E-state index is -0.132. The summed E-state index contributed by atoms with van der Waals surface area (Å²) >= 11 is 1.38. The predicted octanol–water partition coefficient (Wildman–Crippen LogP) is 4.24. The lowest BCUT2D eigenvalue weighted by Crippen LogP contribution is -2.33. The van der Waals surface area contributed by atoms with Crippen molar-refractivity contribution in [3.05, 3.63) is 41.9 Å². The lowest BCUT2D eigenvalue weighted by Gasteiger charge is -2.25. The zero-order valence-electron chi connectivity index (χ0n) is 18.8. The maximum absolute atomic E-state index is 12.8. The Hall–Kier alpha value is -2.94. The number of fused-ring (bicyclic) bond motifs is 1. The van der Waals surface area contributed by atoms with Gasteiger partial charge in [0.25, 0.3) is 0 Å². The summed E-state index contributed by atoms with van der Waals surface area (Å²) < 4.78 is 18.7. The Balaban J connectivity index is 1.44. The highest BCUT2D eigenvalue weighted by atomic mass is 32.2. The van der Waals surface area contributed by atoms with E-state index in [-0.39, 0.29) is 23.6 Å². The molecular formula is C23H28N4O4S. The molecular weight excluding hydrogens is 428 g/mol. The van der Waals surface area contributed by atoms with Crippen molar-refractivity contribution in [2.45, 2.75) is 45.4 Å². The highest BCUT2D eigenvalue weighted by Crippen LogP contribution is 2.34. The van der Waals surface area contributed by atoms with Gasteiger partial charge in [0, 0.05) is 6.54 Å². The van der Waals surface area contributed by atoms with Crippen molar-refractivity contribution < 1.29 is 18.7 Å². The Bertz CT molecular complexity index is 1090. The van der Waals surface area contributed by atoms with E-state index < -0.39 is 0 Å². The first-order valence-electron chi connectivity index (χ1n) is 10.8. The second-order valence-corrected chi connectivity index (χ2v) is 8.86. The number of carbonyl (C=O) groups excluding carboxylic acids is 1. The monoisotopic (exact) mass is 456 g/mol. The quantitative estimate of drug-likeness (QED) is 0.507. The van der Waals surface area contributed by atoms with Crippen LogP contribution in [-0.2, 0) is 11.3 Å². The highest BCUT2D eigenvalue weighted by Gasteiger charge is 2.22. The van der Waals surface area contributed by atoms with Crippen LogP contribution < -0.4 is 14.8 Å². The molecule has 170 valence electrons. The average Bonchev–Trinajstić information content (AvgIpc) is 3.40. The van der Waals surface area contributed by atoms with Crippen LogP contribution in [0.4, 0.5) is 0 Å². The number of nitrogens with one attached hydrogen (secondary N) is 1. The molecule has 1 aromatic carbocycles. The fourth-order valence-electron chi connectivity index (χ4n) is 3.73. The number of aryl methyl sites for hydroxylation is 1. The zero-order chi connectivity index (χ0) is 22.7. The van der Waals surface area contributed by atoms with Gasteiger partial charge >= 0.3 is 0 Å². The topological polar surface area (TPSA) is 91.4 Å². The van der Waals surface area contributed by atoms with Crippen molar-refractivity contribution in [3.8, 4) is 22.9 Å². The van der Waals surface area contributed by atoms with Gasteiger partial charge in [0.1, 0.15) is 19.0 Å². The molecule has 0 saturated carbocycles. The van der Waals surface area contributed by atoms with Crippen molar-refractivity contribution >= 4 is 17.7 Å². The number of hydrogen-bond acceptors (Lipinski definition) is 7. The third-order valence-corrected chi connectivity index (χ3v) is 6.34. The number of hydrogen-bond donors (Lipinski definition) is 1. The molecule has 0 spiro atoms. The van der Waals surface area contributed by atoms with E-state index in [4.69, 9.17) is 13.9 Å². The molecule has 1 N–H and O–H groups in total. The number of ether oxygens (including phenoxy) is 2. The van der Waals surface area contributed by atoms with E-state index in [0.29, 0.717) is 24.9 Å². The maximum Gasteiger partial charge on any atom is 0.230 e. The molecule has 1 atom stereocenters. The summed E-state index contributed by atoms with van der Waals surface area (Å²) in [5, 5.41) is 12.5.